The van der Waals surface area contributed by atoms with E-state index < -0.39 is 0 Å². The molecule has 0 radical (unpaired) electrons. The van der Waals surface area contributed by atoms with Gasteiger partial charge in [-0.1, -0.05) is 67.9 Å². The first-order valence-corrected chi connectivity index (χ1v) is 10.2. The Morgan fingerprint density at radius 3 is 2.44 bits per heavy atom. The van der Waals surface area contributed by atoms with E-state index in [2.05, 4.69) is 79.2 Å². The summed E-state index contributed by atoms with van der Waals surface area (Å²) in [5, 5.41) is 7.29. The molecule has 1 atom stereocenters. The van der Waals surface area contributed by atoms with Gasteiger partial charge in [-0.05, 0) is 35.9 Å². The first-order valence-electron chi connectivity index (χ1n) is 9.36. The Balaban J connectivity index is 1.70. The quantitative estimate of drug-likeness (QED) is 0.625. The smallest absolute Gasteiger partial charge is 0.279 e. The predicted octanol–water partition coefficient (Wildman–Crippen LogP) is 4.47. The summed E-state index contributed by atoms with van der Waals surface area (Å²) in [5.41, 5.74) is 4.54. The van der Waals surface area contributed by atoms with Gasteiger partial charge in [-0.3, -0.25) is 4.79 Å². The van der Waals surface area contributed by atoms with Crippen molar-refractivity contribution < 1.29 is 10.1 Å². The second kappa shape index (κ2) is 8.98. The van der Waals surface area contributed by atoms with E-state index in [0.717, 1.165) is 5.69 Å². The third-order valence-corrected chi connectivity index (χ3v) is 5.64. The van der Waals surface area contributed by atoms with E-state index in [-0.39, 0.29) is 11.9 Å². The van der Waals surface area contributed by atoms with Crippen molar-refractivity contribution in [2.75, 3.05) is 11.9 Å². The zero-order valence-electron chi connectivity index (χ0n) is 16.1. The number of hydrogen-bond donors (Lipinski definition) is 2. The fraction of sp³-hybridized carbons (Fsp3) is 0.261. The number of benzene rings is 2. The van der Waals surface area contributed by atoms with Crippen LogP contribution < -0.4 is 10.6 Å². The summed E-state index contributed by atoms with van der Waals surface area (Å²) in [6.07, 6.45) is 0. The maximum atomic E-state index is 12.6. The molecule has 140 valence electrons. The van der Waals surface area contributed by atoms with Gasteiger partial charge < -0.3 is 10.6 Å². The number of aryl methyl sites for hydroxylation is 1. The van der Waals surface area contributed by atoms with Crippen LogP contribution in [0.25, 0.3) is 0 Å². The lowest BCUT2D eigenvalue weighted by molar-refractivity contribution is -0.675. The predicted molar refractivity (Wildman–Crippen MR) is 113 cm³/mol. The summed E-state index contributed by atoms with van der Waals surface area (Å²) in [7, 11) is 0. The van der Waals surface area contributed by atoms with Crippen molar-refractivity contribution in [3.8, 4) is 0 Å². The topological polar surface area (TPSA) is 45.7 Å². The Labute approximate surface area is 165 Å². The molecule has 4 heteroatoms. The van der Waals surface area contributed by atoms with Gasteiger partial charge in [0.15, 0.2) is 6.54 Å². The molecule has 0 fully saturated rings. The third-order valence-electron chi connectivity index (χ3n) is 4.68. The number of carbonyl (C=O) groups excluding carboxylic acids is 1. The van der Waals surface area contributed by atoms with Gasteiger partial charge in [0.05, 0.1) is 4.88 Å². The average molecular weight is 380 g/mol. The van der Waals surface area contributed by atoms with Gasteiger partial charge in [-0.25, -0.2) is 0 Å². The number of anilines is 1. The summed E-state index contributed by atoms with van der Waals surface area (Å²) in [5.74, 6) is 0.397. The van der Waals surface area contributed by atoms with Crippen LogP contribution in [-0.4, -0.2) is 12.5 Å². The molecule has 1 amide bonds. The van der Waals surface area contributed by atoms with Crippen LogP contribution >= 0.6 is 11.3 Å². The Morgan fingerprint density at radius 1 is 1.04 bits per heavy atom. The molecule has 0 saturated heterocycles. The maximum Gasteiger partial charge on any atom is 0.279 e. The van der Waals surface area contributed by atoms with Gasteiger partial charge in [0.25, 0.3) is 5.91 Å². The Morgan fingerprint density at radius 2 is 1.78 bits per heavy atom. The van der Waals surface area contributed by atoms with Crippen molar-refractivity contribution in [2.24, 2.45) is 0 Å². The van der Waals surface area contributed by atoms with Crippen molar-refractivity contribution >= 4 is 22.9 Å². The van der Waals surface area contributed by atoms with Gasteiger partial charge in [-0.2, -0.15) is 0 Å². The van der Waals surface area contributed by atoms with Crippen LogP contribution in [0, 0.1) is 6.92 Å². The third kappa shape index (κ3) is 5.06. The number of carbonyl (C=O) groups is 1. The SMILES string of the molecule is Cc1ccc([C@@H]([NH2+]CC(=O)Nc2ccccc2C(C)C)c2cccs2)cc1. The number of amides is 1. The van der Waals surface area contributed by atoms with Crippen LogP contribution in [-0.2, 0) is 4.79 Å². The molecule has 1 aromatic heterocycles. The summed E-state index contributed by atoms with van der Waals surface area (Å²) in [6, 6.07) is 20.9. The van der Waals surface area contributed by atoms with E-state index in [9.17, 15) is 4.79 Å². The standard InChI is InChI=1S/C23H26N2OS/c1-16(2)19-7-4-5-8-20(19)25-22(26)15-24-23(21-9-6-14-27-21)18-12-10-17(3)11-13-18/h4-14,16,23-24H,15H2,1-3H3,(H,25,26)/p+1/t23-/m1/s1. The van der Waals surface area contributed by atoms with Crippen LogP contribution in [0.2, 0.25) is 0 Å². The Hall–Kier alpha value is -2.43. The van der Waals surface area contributed by atoms with Crippen molar-refractivity contribution in [1.29, 1.82) is 0 Å². The monoisotopic (exact) mass is 379 g/mol. The normalized spacial score (nSPS) is 12.1. The minimum atomic E-state index is 0.0248. The minimum absolute atomic E-state index is 0.0248. The molecule has 0 aliphatic rings. The molecule has 3 N–H and O–H groups in total. The maximum absolute atomic E-state index is 12.6. The van der Waals surface area contributed by atoms with Crippen LogP contribution in [0.15, 0.2) is 66.0 Å². The van der Waals surface area contributed by atoms with E-state index in [1.165, 1.54) is 21.6 Å². The molecule has 0 unspecified atom stereocenters. The first-order chi connectivity index (χ1) is 13.0. The highest BCUT2D eigenvalue weighted by atomic mass is 32.1. The van der Waals surface area contributed by atoms with Crippen molar-refractivity contribution in [2.45, 2.75) is 32.7 Å². The fourth-order valence-electron chi connectivity index (χ4n) is 3.20. The van der Waals surface area contributed by atoms with Crippen LogP contribution in [0.4, 0.5) is 5.69 Å². The largest absolute Gasteiger partial charge is 0.328 e. The van der Waals surface area contributed by atoms with Crippen molar-refractivity contribution in [3.63, 3.8) is 0 Å². The summed E-state index contributed by atoms with van der Waals surface area (Å²) in [6.45, 7) is 6.75. The fourth-order valence-corrected chi connectivity index (χ4v) is 4.05. The van der Waals surface area contributed by atoms with Crippen LogP contribution in [0.5, 0.6) is 0 Å². The average Bonchev–Trinajstić information content (AvgIpc) is 3.18. The van der Waals surface area contributed by atoms with Gasteiger partial charge >= 0.3 is 0 Å². The van der Waals surface area contributed by atoms with Crippen LogP contribution in [0.3, 0.4) is 0 Å². The van der Waals surface area contributed by atoms with E-state index in [1.54, 1.807) is 11.3 Å². The summed E-state index contributed by atoms with van der Waals surface area (Å²) >= 11 is 1.73. The second-order valence-corrected chi connectivity index (χ2v) is 8.11. The van der Waals surface area contributed by atoms with E-state index in [4.69, 9.17) is 0 Å². The molecule has 0 aliphatic carbocycles. The summed E-state index contributed by atoms with van der Waals surface area (Å²) in [4.78, 5) is 13.9. The minimum Gasteiger partial charge on any atom is -0.328 e. The van der Waals surface area contributed by atoms with Gasteiger partial charge in [0, 0.05) is 11.3 Å². The molecular weight excluding hydrogens is 352 g/mol. The Bertz CT molecular complexity index is 870. The molecule has 3 aromatic rings. The highest BCUT2D eigenvalue weighted by Gasteiger charge is 2.20. The lowest BCUT2D eigenvalue weighted by atomic mass is 10.0. The zero-order valence-corrected chi connectivity index (χ0v) is 16.9. The highest BCUT2D eigenvalue weighted by Crippen LogP contribution is 2.24. The van der Waals surface area contributed by atoms with E-state index >= 15 is 0 Å². The number of nitrogens with two attached hydrogens (primary N) is 1. The zero-order chi connectivity index (χ0) is 19.2. The second-order valence-electron chi connectivity index (χ2n) is 7.13. The molecule has 27 heavy (non-hydrogen) atoms. The molecule has 3 nitrogen and oxygen atoms in total. The number of nitrogens with one attached hydrogen (secondary N) is 1. The van der Waals surface area contributed by atoms with Crippen molar-refractivity contribution in [1.82, 2.24) is 0 Å². The molecule has 0 aliphatic heterocycles. The summed E-state index contributed by atoms with van der Waals surface area (Å²) < 4.78 is 0. The number of rotatable bonds is 7. The highest BCUT2D eigenvalue weighted by molar-refractivity contribution is 7.10. The number of para-hydroxylation sites is 1. The van der Waals surface area contributed by atoms with Crippen LogP contribution in [0.1, 0.15) is 47.4 Å². The molecule has 3 rings (SSSR count). The molecule has 2 aromatic carbocycles. The molecule has 0 saturated carbocycles. The molecular formula is C23H27N2OS+. The number of thiophene rings is 1. The molecule has 0 bridgehead atoms. The Kier molecular flexibility index (Phi) is 6.43. The number of quaternary nitrogens is 1. The lowest BCUT2D eigenvalue weighted by Gasteiger charge is -2.16. The molecule has 0 spiro atoms. The molecule has 1 heterocycles. The van der Waals surface area contributed by atoms with Crippen molar-refractivity contribution in [3.05, 3.63) is 87.6 Å². The number of hydrogen-bond acceptors (Lipinski definition) is 2. The van der Waals surface area contributed by atoms with Gasteiger partial charge in [0.1, 0.15) is 6.04 Å². The van der Waals surface area contributed by atoms with Gasteiger partial charge in [-0.15, -0.1) is 11.3 Å². The lowest BCUT2D eigenvalue weighted by Crippen LogP contribution is -2.87. The first kappa shape index (κ1) is 19.3. The van der Waals surface area contributed by atoms with E-state index in [0.29, 0.717) is 12.5 Å². The van der Waals surface area contributed by atoms with E-state index in [1.807, 2.05) is 18.2 Å². The van der Waals surface area contributed by atoms with Gasteiger partial charge in [0.2, 0.25) is 0 Å².